The highest BCUT2D eigenvalue weighted by molar-refractivity contribution is 6.06. The number of methoxy groups -OCH3 is 1. The van der Waals surface area contributed by atoms with E-state index in [1.807, 2.05) is 20.8 Å². The van der Waals surface area contributed by atoms with E-state index in [0.29, 0.717) is 25.8 Å². The summed E-state index contributed by atoms with van der Waals surface area (Å²) in [6.45, 7) is 7.81. The Balaban J connectivity index is 3.16. The molecule has 3 unspecified atom stereocenters. The number of carbonyl (C=O) groups is 3. The maximum atomic E-state index is 13.3. The van der Waals surface area contributed by atoms with Gasteiger partial charge >= 0.3 is 6.09 Å². The highest BCUT2D eigenvalue weighted by Crippen LogP contribution is 2.27. The number of nitrogens with one attached hydrogen (secondary N) is 3. The maximum Gasteiger partial charge on any atom is 0.408 e. The van der Waals surface area contributed by atoms with E-state index in [4.69, 9.17) is 5.41 Å². The summed E-state index contributed by atoms with van der Waals surface area (Å²) in [5, 5.41) is 13.2. The van der Waals surface area contributed by atoms with Crippen molar-refractivity contribution in [3.63, 3.8) is 0 Å². The number of carbonyl (C=O) groups excluding carboxylic acids is 3. The Morgan fingerprint density at radius 1 is 1.36 bits per heavy atom. The van der Waals surface area contributed by atoms with Crippen LogP contribution in [0.2, 0.25) is 0 Å². The van der Waals surface area contributed by atoms with Gasteiger partial charge in [-0.3, -0.25) is 9.59 Å². The second kappa shape index (κ2) is 8.82. The van der Waals surface area contributed by atoms with Gasteiger partial charge < -0.3 is 25.7 Å². The van der Waals surface area contributed by atoms with E-state index in [2.05, 4.69) is 15.4 Å². The van der Waals surface area contributed by atoms with Gasteiger partial charge in [0.25, 0.3) is 5.91 Å². The van der Waals surface area contributed by atoms with Crippen LogP contribution in [-0.4, -0.2) is 60.3 Å². The normalized spacial score (nSPS) is 20.6. The van der Waals surface area contributed by atoms with Gasteiger partial charge in [-0.2, -0.15) is 0 Å². The molecule has 0 saturated carbocycles. The molecule has 0 aromatic rings. The second-order valence-electron chi connectivity index (χ2n) is 6.76. The van der Waals surface area contributed by atoms with Crippen molar-refractivity contribution < 1.29 is 19.1 Å². The van der Waals surface area contributed by atoms with Crippen LogP contribution in [0, 0.1) is 11.3 Å². The molecule has 1 heterocycles. The van der Waals surface area contributed by atoms with E-state index in [9.17, 15) is 14.4 Å². The van der Waals surface area contributed by atoms with Crippen LogP contribution in [0.4, 0.5) is 4.79 Å². The second-order valence-corrected chi connectivity index (χ2v) is 6.76. The SMILES string of the molecule is CCC(C)C(C=N)(NC(=O)OC)C(=O)N1CCCC1C(=O)NC(C)C. The van der Waals surface area contributed by atoms with Crippen molar-refractivity contribution in [3.8, 4) is 0 Å². The van der Waals surface area contributed by atoms with E-state index in [1.54, 1.807) is 6.92 Å². The molecule has 3 atom stereocenters. The van der Waals surface area contributed by atoms with Crippen molar-refractivity contribution >= 4 is 24.1 Å². The largest absolute Gasteiger partial charge is 0.453 e. The molecular formula is C17H30N4O4. The van der Waals surface area contributed by atoms with Crippen molar-refractivity contribution in [1.82, 2.24) is 15.5 Å². The Labute approximate surface area is 149 Å². The number of amides is 3. The standard InChI is InChI=1S/C17H30N4O4/c1-6-12(4)17(10-18,20-16(24)25-5)15(23)21-9-7-8-13(21)14(22)19-11(2)3/h10-13,18H,6-9H2,1-5H3,(H,19,22)(H,20,24). The van der Waals surface area contributed by atoms with Crippen LogP contribution in [0.3, 0.4) is 0 Å². The van der Waals surface area contributed by atoms with Crippen LogP contribution < -0.4 is 10.6 Å². The van der Waals surface area contributed by atoms with Crippen LogP contribution in [0.25, 0.3) is 0 Å². The Hall–Kier alpha value is -2.12. The van der Waals surface area contributed by atoms with Crippen LogP contribution in [0.1, 0.15) is 47.0 Å². The summed E-state index contributed by atoms with van der Waals surface area (Å²) in [5.74, 6) is -0.975. The molecule has 142 valence electrons. The number of ether oxygens (including phenoxy) is 1. The lowest BCUT2D eigenvalue weighted by Gasteiger charge is -2.38. The van der Waals surface area contributed by atoms with Gasteiger partial charge in [0.2, 0.25) is 5.91 Å². The number of alkyl carbamates (subject to hydrolysis) is 1. The van der Waals surface area contributed by atoms with Gasteiger partial charge in [0, 0.05) is 18.8 Å². The van der Waals surface area contributed by atoms with Crippen LogP contribution in [-0.2, 0) is 14.3 Å². The Kier molecular flexibility index (Phi) is 7.38. The third-order valence-electron chi connectivity index (χ3n) is 4.71. The zero-order valence-electron chi connectivity index (χ0n) is 15.7. The molecule has 0 aromatic heterocycles. The Morgan fingerprint density at radius 3 is 2.48 bits per heavy atom. The average Bonchev–Trinajstić information content (AvgIpc) is 3.07. The monoisotopic (exact) mass is 354 g/mol. The van der Waals surface area contributed by atoms with Crippen LogP contribution >= 0.6 is 0 Å². The molecule has 8 heteroatoms. The van der Waals surface area contributed by atoms with Crippen molar-refractivity contribution in [3.05, 3.63) is 0 Å². The molecule has 8 nitrogen and oxygen atoms in total. The number of rotatable bonds is 7. The van der Waals surface area contributed by atoms with Gasteiger partial charge in [0.15, 0.2) is 5.54 Å². The zero-order valence-corrected chi connectivity index (χ0v) is 15.7. The first-order valence-electron chi connectivity index (χ1n) is 8.72. The summed E-state index contributed by atoms with van der Waals surface area (Å²) in [6, 6.07) is -0.613. The maximum absolute atomic E-state index is 13.3. The van der Waals surface area contributed by atoms with Gasteiger partial charge in [-0.15, -0.1) is 0 Å². The lowest BCUT2D eigenvalue weighted by atomic mass is 9.82. The molecule has 0 radical (unpaired) electrons. The van der Waals surface area contributed by atoms with Crippen molar-refractivity contribution in [2.75, 3.05) is 13.7 Å². The first-order chi connectivity index (χ1) is 11.7. The van der Waals surface area contributed by atoms with E-state index in [0.717, 1.165) is 6.21 Å². The molecule has 3 N–H and O–H groups in total. The van der Waals surface area contributed by atoms with Crippen molar-refractivity contribution in [2.24, 2.45) is 5.92 Å². The molecular weight excluding hydrogens is 324 g/mol. The van der Waals surface area contributed by atoms with Crippen molar-refractivity contribution in [1.29, 1.82) is 5.41 Å². The van der Waals surface area contributed by atoms with Gasteiger partial charge in [0.1, 0.15) is 6.04 Å². The van der Waals surface area contributed by atoms with E-state index in [-0.39, 0.29) is 17.9 Å². The molecule has 1 aliphatic heterocycles. The van der Waals surface area contributed by atoms with Gasteiger partial charge in [-0.1, -0.05) is 20.3 Å². The molecule has 3 amide bonds. The van der Waals surface area contributed by atoms with Gasteiger partial charge in [-0.25, -0.2) is 4.79 Å². The highest BCUT2D eigenvalue weighted by Gasteiger charge is 2.49. The highest BCUT2D eigenvalue weighted by atomic mass is 16.5. The zero-order chi connectivity index (χ0) is 19.2. The first kappa shape index (κ1) is 20.9. The lowest BCUT2D eigenvalue weighted by molar-refractivity contribution is -0.142. The molecule has 1 saturated heterocycles. The summed E-state index contributed by atoms with van der Waals surface area (Å²) < 4.78 is 4.64. The minimum Gasteiger partial charge on any atom is -0.453 e. The molecule has 0 spiro atoms. The topological polar surface area (TPSA) is 112 Å². The number of hydrogen-bond acceptors (Lipinski definition) is 5. The Morgan fingerprint density at radius 2 is 2.00 bits per heavy atom. The van der Waals surface area contributed by atoms with Crippen molar-refractivity contribution in [2.45, 2.75) is 64.6 Å². The fraction of sp³-hybridized carbons (Fsp3) is 0.765. The molecule has 1 aliphatic rings. The predicted molar refractivity (Wildman–Crippen MR) is 94.5 cm³/mol. The number of hydrogen-bond donors (Lipinski definition) is 3. The molecule has 0 aliphatic carbocycles. The molecule has 0 bridgehead atoms. The summed E-state index contributed by atoms with van der Waals surface area (Å²) in [5.41, 5.74) is -1.53. The van der Waals surface area contributed by atoms with Gasteiger partial charge in [-0.05, 0) is 32.6 Å². The first-order valence-corrected chi connectivity index (χ1v) is 8.72. The van der Waals surface area contributed by atoms with E-state index < -0.39 is 23.6 Å². The third kappa shape index (κ3) is 4.49. The lowest BCUT2D eigenvalue weighted by Crippen LogP contribution is -2.65. The summed E-state index contributed by atoms with van der Waals surface area (Å²) in [4.78, 5) is 39.0. The minimum absolute atomic E-state index is 0.0275. The van der Waals surface area contributed by atoms with Crippen LogP contribution in [0.15, 0.2) is 0 Å². The summed E-state index contributed by atoms with van der Waals surface area (Å²) >= 11 is 0. The summed E-state index contributed by atoms with van der Waals surface area (Å²) in [7, 11) is 1.21. The van der Waals surface area contributed by atoms with Gasteiger partial charge in [0.05, 0.1) is 7.11 Å². The summed E-state index contributed by atoms with van der Waals surface area (Å²) in [6.07, 6.45) is 2.02. The smallest absolute Gasteiger partial charge is 0.408 e. The van der Waals surface area contributed by atoms with Crippen LogP contribution in [0.5, 0.6) is 0 Å². The molecule has 1 fully saturated rings. The number of likely N-dealkylation sites (tertiary alicyclic amines) is 1. The fourth-order valence-electron chi connectivity index (χ4n) is 3.07. The Bertz CT molecular complexity index is 523. The molecule has 1 rings (SSSR count). The average molecular weight is 354 g/mol. The fourth-order valence-corrected chi connectivity index (χ4v) is 3.07. The molecule has 25 heavy (non-hydrogen) atoms. The predicted octanol–water partition coefficient (Wildman–Crippen LogP) is 1.29. The van der Waals surface area contributed by atoms with E-state index >= 15 is 0 Å². The minimum atomic E-state index is -1.53. The molecule has 0 aromatic carbocycles. The quantitative estimate of drug-likeness (QED) is 0.598. The third-order valence-corrected chi connectivity index (χ3v) is 4.71. The number of nitrogens with zero attached hydrogens (tertiary/aromatic N) is 1. The van der Waals surface area contributed by atoms with E-state index in [1.165, 1.54) is 12.0 Å².